The summed E-state index contributed by atoms with van der Waals surface area (Å²) in [5.41, 5.74) is 1.64. The van der Waals surface area contributed by atoms with Gasteiger partial charge in [0.25, 0.3) is 0 Å². The molecule has 0 heterocycles. The van der Waals surface area contributed by atoms with E-state index in [9.17, 15) is 5.11 Å². The highest BCUT2D eigenvalue weighted by atomic mass is 35.5. The molecular weight excluding hydrogens is 224 g/mol. The summed E-state index contributed by atoms with van der Waals surface area (Å²) in [4.78, 5) is 0. The van der Waals surface area contributed by atoms with E-state index in [1.807, 2.05) is 12.1 Å². The fourth-order valence-electron chi connectivity index (χ4n) is 1.50. The predicted octanol–water partition coefficient (Wildman–Crippen LogP) is 3.72. The van der Waals surface area contributed by atoms with Crippen LogP contribution in [0.1, 0.15) is 0 Å². The summed E-state index contributed by atoms with van der Waals surface area (Å²) >= 11 is 5.81. The minimum absolute atomic E-state index is 0.225. The fourth-order valence-corrected chi connectivity index (χ4v) is 1.63. The molecule has 2 aromatic carbocycles. The number of ether oxygens (including phenoxy) is 1. The third-order valence-electron chi connectivity index (χ3n) is 2.36. The van der Waals surface area contributed by atoms with E-state index in [0.29, 0.717) is 10.8 Å². The number of hydrogen-bond acceptors (Lipinski definition) is 2. The van der Waals surface area contributed by atoms with E-state index in [4.69, 9.17) is 16.3 Å². The Hall–Kier alpha value is -1.67. The molecular formula is C13H11ClO2. The van der Waals surface area contributed by atoms with Crippen LogP contribution in [0, 0.1) is 0 Å². The van der Waals surface area contributed by atoms with Crippen molar-refractivity contribution >= 4 is 11.6 Å². The predicted molar refractivity (Wildman–Crippen MR) is 65.1 cm³/mol. The van der Waals surface area contributed by atoms with E-state index >= 15 is 0 Å². The molecule has 0 aliphatic heterocycles. The number of phenolic OH excluding ortho intramolecular Hbond substituents is 1. The zero-order valence-electron chi connectivity index (χ0n) is 8.77. The monoisotopic (exact) mass is 234 g/mol. The summed E-state index contributed by atoms with van der Waals surface area (Å²) in [5.74, 6) is 0.936. The van der Waals surface area contributed by atoms with Gasteiger partial charge in [-0.1, -0.05) is 23.7 Å². The lowest BCUT2D eigenvalue weighted by Crippen LogP contribution is -1.84. The van der Waals surface area contributed by atoms with Crippen molar-refractivity contribution in [1.82, 2.24) is 0 Å². The standard InChI is InChI=1S/C13H11ClO2/c1-16-11-6-7-13(15)12(8-11)9-2-4-10(14)5-3-9/h2-8,15H,1H3. The Morgan fingerprint density at radius 2 is 1.75 bits per heavy atom. The topological polar surface area (TPSA) is 29.5 Å². The van der Waals surface area contributed by atoms with Crippen LogP contribution < -0.4 is 4.74 Å². The average Bonchev–Trinajstić information content (AvgIpc) is 2.31. The van der Waals surface area contributed by atoms with Gasteiger partial charge in [-0.15, -0.1) is 0 Å². The third kappa shape index (κ3) is 2.12. The Morgan fingerprint density at radius 3 is 2.38 bits per heavy atom. The normalized spacial score (nSPS) is 10.1. The highest BCUT2D eigenvalue weighted by molar-refractivity contribution is 6.30. The van der Waals surface area contributed by atoms with Crippen LogP contribution in [-0.2, 0) is 0 Å². The quantitative estimate of drug-likeness (QED) is 0.858. The number of aromatic hydroxyl groups is 1. The molecule has 3 heteroatoms. The van der Waals surface area contributed by atoms with Crippen LogP contribution in [0.25, 0.3) is 11.1 Å². The van der Waals surface area contributed by atoms with E-state index in [1.54, 1.807) is 37.4 Å². The molecule has 0 saturated heterocycles. The molecule has 0 saturated carbocycles. The second-order valence-electron chi connectivity index (χ2n) is 3.39. The molecule has 0 atom stereocenters. The van der Waals surface area contributed by atoms with Crippen molar-refractivity contribution in [3.63, 3.8) is 0 Å². The van der Waals surface area contributed by atoms with Gasteiger partial charge in [0.05, 0.1) is 7.11 Å². The Bertz CT molecular complexity index is 492. The highest BCUT2D eigenvalue weighted by Gasteiger charge is 2.05. The molecule has 2 nitrogen and oxygen atoms in total. The number of hydrogen-bond donors (Lipinski definition) is 1. The zero-order chi connectivity index (χ0) is 11.5. The number of phenols is 1. The highest BCUT2D eigenvalue weighted by Crippen LogP contribution is 2.32. The molecule has 0 bridgehead atoms. The second kappa shape index (κ2) is 4.45. The van der Waals surface area contributed by atoms with E-state index < -0.39 is 0 Å². The van der Waals surface area contributed by atoms with Crippen LogP contribution in [0.2, 0.25) is 5.02 Å². The maximum absolute atomic E-state index is 9.76. The van der Waals surface area contributed by atoms with Crippen molar-refractivity contribution in [2.45, 2.75) is 0 Å². The van der Waals surface area contributed by atoms with Crippen molar-refractivity contribution in [3.8, 4) is 22.6 Å². The lowest BCUT2D eigenvalue weighted by atomic mass is 10.0. The van der Waals surface area contributed by atoms with Gasteiger partial charge in [0.2, 0.25) is 0 Å². The van der Waals surface area contributed by atoms with Gasteiger partial charge in [-0.25, -0.2) is 0 Å². The van der Waals surface area contributed by atoms with Crippen molar-refractivity contribution in [2.75, 3.05) is 7.11 Å². The summed E-state index contributed by atoms with van der Waals surface area (Å²) < 4.78 is 5.12. The van der Waals surface area contributed by atoms with Gasteiger partial charge < -0.3 is 9.84 Å². The first-order chi connectivity index (χ1) is 7.70. The maximum atomic E-state index is 9.76. The van der Waals surface area contributed by atoms with Crippen LogP contribution in [0.3, 0.4) is 0 Å². The molecule has 0 amide bonds. The number of benzene rings is 2. The minimum atomic E-state index is 0.225. The Morgan fingerprint density at radius 1 is 1.06 bits per heavy atom. The van der Waals surface area contributed by atoms with Gasteiger partial charge in [-0.05, 0) is 35.9 Å². The first-order valence-corrected chi connectivity index (χ1v) is 5.21. The van der Waals surface area contributed by atoms with Crippen molar-refractivity contribution in [2.24, 2.45) is 0 Å². The van der Waals surface area contributed by atoms with Crippen LogP contribution in [0.5, 0.6) is 11.5 Å². The molecule has 1 N–H and O–H groups in total. The van der Waals surface area contributed by atoms with E-state index in [2.05, 4.69) is 0 Å². The summed E-state index contributed by atoms with van der Waals surface area (Å²) in [6.45, 7) is 0. The fraction of sp³-hybridized carbons (Fsp3) is 0.0769. The SMILES string of the molecule is COc1ccc(O)c(-c2ccc(Cl)cc2)c1. The number of methoxy groups -OCH3 is 1. The molecule has 0 spiro atoms. The molecule has 0 unspecified atom stereocenters. The summed E-state index contributed by atoms with van der Waals surface area (Å²) in [7, 11) is 1.60. The Labute approximate surface area is 99.1 Å². The van der Waals surface area contributed by atoms with Crippen LogP contribution >= 0.6 is 11.6 Å². The minimum Gasteiger partial charge on any atom is -0.507 e. The molecule has 2 aromatic rings. The van der Waals surface area contributed by atoms with Crippen LogP contribution in [-0.4, -0.2) is 12.2 Å². The van der Waals surface area contributed by atoms with Crippen molar-refractivity contribution in [1.29, 1.82) is 0 Å². The lowest BCUT2D eigenvalue weighted by Gasteiger charge is -2.07. The largest absolute Gasteiger partial charge is 0.507 e. The molecule has 0 fully saturated rings. The van der Waals surface area contributed by atoms with Gasteiger partial charge in [0.15, 0.2) is 0 Å². The van der Waals surface area contributed by atoms with E-state index in [-0.39, 0.29) is 5.75 Å². The molecule has 0 aromatic heterocycles. The second-order valence-corrected chi connectivity index (χ2v) is 3.83. The van der Waals surface area contributed by atoms with E-state index in [0.717, 1.165) is 11.1 Å². The Kier molecular flexibility index (Phi) is 3.02. The zero-order valence-corrected chi connectivity index (χ0v) is 9.53. The lowest BCUT2D eigenvalue weighted by molar-refractivity contribution is 0.412. The van der Waals surface area contributed by atoms with Gasteiger partial charge in [0, 0.05) is 10.6 Å². The molecule has 16 heavy (non-hydrogen) atoms. The maximum Gasteiger partial charge on any atom is 0.123 e. The van der Waals surface area contributed by atoms with E-state index in [1.165, 1.54) is 0 Å². The Balaban J connectivity index is 2.50. The van der Waals surface area contributed by atoms with Crippen molar-refractivity contribution < 1.29 is 9.84 Å². The van der Waals surface area contributed by atoms with Crippen molar-refractivity contribution in [3.05, 3.63) is 47.5 Å². The van der Waals surface area contributed by atoms with Gasteiger partial charge >= 0.3 is 0 Å². The molecule has 0 aliphatic rings. The third-order valence-corrected chi connectivity index (χ3v) is 2.61. The first-order valence-electron chi connectivity index (χ1n) is 4.83. The van der Waals surface area contributed by atoms with Crippen LogP contribution in [0.15, 0.2) is 42.5 Å². The van der Waals surface area contributed by atoms with Gasteiger partial charge in [0.1, 0.15) is 11.5 Å². The molecule has 82 valence electrons. The molecule has 0 radical (unpaired) electrons. The average molecular weight is 235 g/mol. The number of halogens is 1. The smallest absolute Gasteiger partial charge is 0.123 e. The summed E-state index contributed by atoms with van der Waals surface area (Å²) in [6, 6.07) is 12.4. The van der Waals surface area contributed by atoms with Crippen LogP contribution in [0.4, 0.5) is 0 Å². The van der Waals surface area contributed by atoms with Gasteiger partial charge in [-0.2, -0.15) is 0 Å². The first kappa shape index (κ1) is 10.8. The summed E-state index contributed by atoms with van der Waals surface area (Å²) in [6.07, 6.45) is 0. The molecule has 2 rings (SSSR count). The number of rotatable bonds is 2. The summed E-state index contributed by atoms with van der Waals surface area (Å²) in [5, 5.41) is 10.4. The van der Waals surface area contributed by atoms with Gasteiger partial charge in [-0.3, -0.25) is 0 Å². The molecule has 0 aliphatic carbocycles.